The number of benzene rings is 1. The highest BCUT2D eigenvalue weighted by atomic mass is 32.2. The maximum absolute atomic E-state index is 12.2. The highest BCUT2D eigenvalue weighted by molar-refractivity contribution is 8.00. The zero-order valence-corrected chi connectivity index (χ0v) is 15.2. The highest BCUT2D eigenvalue weighted by Crippen LogP contribution is 2.28. The van der Waals surface area contributed by atoms with E-state index in [0.717, 1.165) is 4.90 Å². The second-order valence-corrected chi connectivity index (χ2v) is 9.64. The summed E-state index contributed by atoms with van der Waals surface area (Å²) >= 11 is 1.51. The summed E-state index contributed by atoms with van der Waals surface area (Å²) in [6, 6.07) is 4.22. The van der Waals surface area contributed by atoms with Crippen LogP contribution in [0.1, 0.15) is 30.0 Å². The Hall–Kier alpha value is -1.01. The van der Waals surface area contributed by atoms with Crippen molar-refractivity contribution in [2.24, 2.45) is 0 Å². The average Bonchev–Trinajstić information content (AvgIpc) is 2.61. The number of hydrogen-bond donors (Lipinski definition) is 1. The average molecular weight is 341 g/mol. The molecule has 1 fully saturated rings. The second kappa shape index (κ2) is 6.24. The number of carbonyl (C=O) groups excluding carboxylic acids is 1. The van der Waals surface area contributed by atoms with E-state index < -0.39 is 15.4 Å². The Morgan fingerprint density at radius 2 is 1.86 bits per heavy atom. The predicted octanol–water partition coefficient (Wildman–Crippen LogP) is 2.40. The van der Waals surface area contributed by atoms with Crippen molar-refractivity contribution in [2.75, 3.05) is 17.3 Å². The van der Waals surface area contributed by atoms with Crippen LogP contribution in [-0.4, -0.2) is 37.1 Å². The molecule has 22 heavy (non-hydrogen) atoms. The first-order valence-corrected chi connectivity index (χ1v) is 10.1. The number of hydrogen-bond acceptors (Lipinski definition) is 4. The van der Waals surface area contributed by atoms with Crippen molar-refractivity contribution < 1.29 is 13.2 Å². The van der Waals surface area contributed by atoms with Crippen LogP contribution in [-0.2, 0) is 14.6 Å². The Morgan fingerprint density at radius 1 is 1.27 bits per heavy atom. The first-order valence-electron chi connectivity index (χ1n) is 7.32. The van der Waals surface area contributed by atoms with Gasteiger partial charge in [-0.2, -0.15) is 0 Å². The summed E-state index contributed by atoms with van der Waals surface area (Å²) in [6.07, 6.45) is 0.494. The Labute approximate surface area is 137 Å². The van der Waals surface area contributed by atoms with E-state index in [1.807, 2.05) is 20.8 Å². The predicted molar refractivity (Wildman–Crippen MR) is 91.2 cm³/mol. The maximum Gasteiger partial charge on any atom is 0.230 e. The van der Waals surface area contributed by atoms with Crippen molar-refractivity contribution >= 4 is 27.5 Å². The van der Waals surface area contributed by atoms with E-state index in [0.29, 0.717) is 12.2 Å². The number of sulfone groups is 1. The lowest BCUT2D eigenvalue weighted by Crippen LogP contribution is -2.47. The Morgan fingerprint density at radius 3 is 2.36 bits per heavy atom. The molecule has 1 atom stereocenters. The molecule has 4 nitrogen and oxygen atoms in total. The number of carbonyl (C=O) groups is 1. The minimum atomic E-state index is -3.01. The van der Waals surface area contributed by atoms with E-state index in [1.54, 1.807) is 0 Å². The van der Waals surface area contributed by atoms with Gasteiger partial charge in [-0.25, -0.2) is 8.42 Å². The summed E-state index contributed by atoms with van der Waals surface area (Å²) in [4.78, 5) is 13.3. The first-order chi connectivity index (χ1) is 10.1. The smallest absolute Gasteiger partial charge is 0.230 e. The minimum absolute atomic E-state index is 0.0407. The summed E-state index contributed by atoms with van der Waals surface area (Å²) in [5.74, 6) is 0.399. The molecule has 1 aromatic rings. The van der Waals surface area contributed by atoms with Gasteiger partial charge >= 0.3 is 0 Å². The molecule has 0 aromatic heterocycles. The molecule has 1 N–H and O–H groups in total. The number of thioether (sulfide) groups is 1. The van der Waals surface area contributed by atoms with E-state index in [9.17, 15) is 13.2 Å². The molecule has 0 saturated carbocycles. The molecule has 0 radical (unpaired) electrons. The van der Waals surface area contributed by atoms with Gasteiger partial charge in [0.15, 0.2) is 9.84 Å². The Bertz CT molecular complexity index is 674. The van der Waals surface area contributed by atoms with Crippen LogP contribution in [0.3, 0.4) is 0 Å². The molecular weight excluding hydrogens is 318 g/mol. The molecule has 1 aliphatic heterocycles. The Balaban J connectivity index is 1.97. The standard InChI is InChI=1S/C16H23NO3S2/c1-11-7-12(2)15(13(3)8-11)21-9-14(18)17-16(4)5-6-22(19,20)10-16/h7-8H,5-6,9-10H2,1-4H3,(H,17,18)/t16-/m0/s1. The topological polar surface area (TPSA) is 63.2 Å². The third-order valence-corrected chi connectivity index (χ3v) is 7.14. The van der Waals surface area contributed by atoms with E-state index in [2.05, 4.69) is 24.4 Å². The number of nitrogens with one attached hydrogen (secondary N) is 1. The van der Waals surface area contributed by atoms with Crippen LogP contribution in [0.15, 0.2) is 17.0 Å². The molecule has 2 rings (SSSR count). The van der Waals surface area contributed by atoms with Gasteiger partial charge in [0.2, 0.25) is 5.91 Å². The lowest BCUT2D eigenvalue weighted by atomic mass is 10.0. The quantitative estimate of drug-likeness (QED) is 0.854. The third-order valence-electron chi connectivity index (χ3n) is 3.90. The molecule has 1 saturated heterocycles. The van der Waals surface area contributed by atoms with Gasteiger partial charge in [-0.3, -0.25) is 4.79 Å². The van der Waals surface area contributed by atoms with Gasteiger partial charge in [-0.1, -0.05) is 17.7 Å². The second-order valence-electron chi connectivity index (χ2n) is 6.47. The zero-order chi connectivity index (χ0) is 16.5. The van der Waals surface area contributed by atoms with Gasteiger partial charge in [0.25, 0.3) is 0 Å². The fourth-order valence-electron chi connectivity index (χ4n) is 3.01. The number of aryl methyl sites for hydroxylation is 3. The number of amides is 1. The summed E-state index contributed by atoms with van der Waals surface area (Å²) in [5, 5.41) is 2.89. The summed E-state index contributed by atoms with van der Waals surface area (Å²) < 4.78 is 23.1. The summed E-state index contributed by atoms with van der Waals surface area (Å²) in [7, 11) is -3.01. The van der Waals surface area contributed by atoms with Gasteiger partial charge < -0.3 is 5.32 Å². The van der Waals surface area contributed by atoms with Crippen molar-refractivity contribution in [3.05, 3.63) is 28.8 Å². The van der Waals surface area contributed by atoms with Crippen molar-refractivity contribution in [3.8, 4) is 0 Å². The van der Waals surface area contributed by atoms with Crippen LogP contribution in [0.5, 0.6) is 0 Å². The number of rotatable bonds is 4. The largest absolute Gasteiger partial charge is 0.349 e. The minimum Gasteiger partial charge on any atom is -0.349 e. The molecule has 1 aliphatic rings. The normalized spacial score (nSPS) is 23.5. The first kappa shape index (κ1) is 17.3. The molecule has 0 unspecified atom stereocenters. The SMILES string of the molecule is Cc1cc(C)c(SCC(=O)N[C@@]2(C)CCS(=O)(=O)C2)c(C)c1. The van der Waals surface area contributed by atoms with E-state index in [4.69, 9.17) is 0 Å². The van der Waals surface area contributed by atoms with Crippen LogP contribution in [0.25, 0.3) is 0 Å². The van der Waals surface area contributed by atoms with Crippen molar-refractivity contribution in [1.29, 1.82) is 0 Å². The molecule has 0 aliphatic carbocycles. The fraction of sp³-hybridized carbons (Fsp3) is 0.562. The van der Waals surface area contributed by atoms with E-state index in [-0.39, 0.29) is 17.4 Å². The summed E-state index contributed by atoms with van der Waals surface area (Å²) in [6.45, 7) is 7.96. The fourth-order valence-corrected chi connectivity index (χ4v) is 6.03. The van der Waals surface area contributed by atoms with Gasteiger partial charge in [0.05, 0.1) is 22.8 Å². The molecule has 0 bridgehead atoms. The van der Waals surface area contributed by atoms with Gasteiger partial charge in [-0.15, -0.1) is 11.8 Å². The lowest BCUT2D eigenvalue weighted by Gasteiger charge is -2.24. The van der Waals surface area contributed by atoms with Crippen LogP contribution in [0.4, 0.5) is 0 Å². The van der Waals surface area contributed by atoms with Crippen LogP contribution in [0, 0.1) is 20.8 Å². The molecule has 1 amide bonds. The van der Waals surface area contributed by atoms with Crippen molar-refractivity contribution in [2.45, 2.75) is 44.6 Å². The molecular formula is C16H23NO3S2. The summed E-state index contributed by atoms with van der Waals surface area (Å²) in [5.41, 5.74) is 2.94. The van der Waals surface area contributed by atoms with Crippen molar-refractivity contribution in [3.63, 3.8) is 0 Å². The maximum atomic E-state index is 12.2. The monoisotopic (exact) mass is 341 g/mol. The van der Waals surface area contributed by atoms with Crippen LogP contribution < -0.4 is 5.32 Å². The van der Waals surface area contributed by atoms with Gasteiger partial charge in [0.1, 0.15) is 0 Å². The molecule has 1 aromatic carbocycles. The molecule has 6 heteroatoms. The Kier molecular flexibility index (Phi) is 4.92. The van der Waals surface area contributed by atoms with Crippen LogP contribution >= 0.6 is 11.8 Å². The van der Waals surface area contributed by atoms with Crippen molar-refractivity contribution in [1.82, 2.24) is 5.32 Å². The van der Waals surface area contributed by atoms with E-state index >= 15 is 0 Å². The molecule has 0 spiro atoms. The third kappa shape index (κ3) is 4.26. The molecule has 1 heterocycles. The molecule has 122 valence electrons. The van der Waals surface area contributed by atoms with Gasteiger partial charge in [0, 0.05) is 4.90 Å². The van der Waals surface area contributed by atoms with Crippen LogP contribution in [0.2, 0.25) is 0 Å². The van der Waals surface area contributed by atoms with E-state index in [1.165, 1.54) is 28.5 Å². The van der Waals surface area contributed by atoms with Gasteiger partial charge in [-0.05, 0) is 45.2 Å². The zero-order valence-electron chi connectivity index (χ0n) is 13.5. The highest BCUT2D eigenvalue weighted by Gasteiger charge is 2.39. The lowest BCUT2D eigenvalue weighted by molar-refractivity contribution is -0.120.